The SMILES string of the molecule is CC(=O)OC1c2cccc(C)c2-c2c(F)cccc21. The number of carbonyl (C=O) groups is 1. The molecule has 1 aliphatic rings. The van der Waals surface area contributed by atoms with E-state index in [1.165, 1.54) is 13.0 Å². The summed E-state index contributed by atoms with van der Waals surface area (Å²) >= 11 is 0. The minimum Gasteiger partial charge on any atom is -0.453 e. The molecule has 0 fully saturated rings. The molecule has 0 spiro atoms. The Bertz CT molecular complexity index is 625. The third-order valence-corrected chi connectivity index (χ3v) is 3.45. The van der Waals surface area contributed by atoms with Crippen molar-refractivity contribution in [1.29, 1.82) is 0 Å². The lowest BCUT2D eigenvalue weighted by Crippen LogP contribution is -2.07. The quantitative estimate of drug-likeness (QED) is 0.726. The lowest BCUT2D eigenvalue weighted by molar-refractivity contribution is -0.144. The molecule has 2 nitrogen and oxygen atoms in total. The average molecular weight is 256 g/mol. The highest BCUT2D eigenvalue weighted by Gasteiger charge is 2.33. The van der Waals surface area contributed by atoms with Gasteiger partial charge in [0.25, 0.3) is 0 Å². The molecule has 3 rings (SSSR count). The van der Waals surface area contributed by atoms with E-state index in [4.69, 9.17) is 4.74 Å². The normalized spacial score (nSPS) is 15.8. The third-order valence-electron chi connectivity index (χ3n) is 3.45. The second-order valence-electron chi connectivity index (χ2n) is 4.73. The molecule has 96 valence electrons. The van der Waals surface area contributed by atoms with Crippen LogP contribution in [0.25, 0.3) is 11.1 Å². The average Bonchev–Trinajstić information content (AvgIpc) is 2.66. The first-order chi connectivity index (χ1) is 9.09. The highest BCUT2D eigenvalue weighted by Crippen LogP contribution is 2.47. The first-order valence-electron chi connectivity index (χ1n) is 6.15. The highest BCUT2D eigenvalue weighted by atomic mass is 19.1. The van der Waals surface area contributed by atoms with Gasteiger partial charge >= 0.3 is 5.97 Å². The van der Waals surface area contributed by atoms with Gasteiger partial charge in [0.15, 0.2) is 6.10 Å². The van der Waals surface area contributed by atoms with Gasteiger partial charge in [0, 0.05) is 23.6 Å². The molecule has 1 unspecified atom stereocenters. The highest BCUT2D eigenvalue weighted by molar-refractivity contribution is 5.82. The Morgan fingerprint density at radius 3 is 2.42 bits per heavy atom. The summed E-state index contributed by atoms with van der Waals surface area (Å²) in [7, 11) is 0. The second kappa shape index (κ2) is 4.19. The number of benzene rings is 2. The van der Waals surface area contributed by atoms with Crippen LogP contribution in [0.4, 0.5) is 4.39 Å². The minimum absolute atomic E-state index is 0.275. The Morgan fingerprint density at radius 2 is 1.74 bits per heavy atom. The Kier molecular flexibility index (Phi) is 2.63. The molecule has 0 amide bonds. The zero-order chi connectivity index (χ0) is 13.6. The van der Waals surface area contributed by atoms with E-state index >= 15 is 0 Å². The molecule has 1 atom stereocenters. The van der Waals surface area contributed by atoms with E-state index in [1.807, 2.05) is 31.2 Å². The van der Waals surface area contributed by atoms with Crippen molar-refractivity contribution in [3.63, 3.8) is 0 Å². The fourth-order valence-electron chi connectivity index (χ4n) is 2.73. The molecule has 19 heavy (non-hydrogen) atoms. The zero-order valence-electron chi connectivity index (χ0n) is 10.7. The van der Waals surface area contributed by atoms with Gasteiger partial charge in [0.1, 0.15) is 5.82 Å². The molecule has 0 saturated heterocycles. The van der Waals surface area contributed by atoms with E-state index in [2.05, 4.69) is 0 Å². The van der Waals surface area contributed by atoms with E-state index in [0.717, 1.165) is 22.3 Å². The van der Waals surface area contributed by atoms with Crippen LogP contribution in [-0.4, -0.2) is 5.97 Å². The molecule has 0 N–H and O–H groups in total. The summed E-state index contributed by atoms with van der Waals surface area (Å²) < 4.78 is 19.5. The van der Waals surface area contributed by atoms with Gasteiger partial charge in [-0.1, -0.05) is 30.3 Å². The van der Waals surface area contributed by atoms with Crippen molar-refractivity contribution in [2.24, 2.45) is 0 Å². The first-order valence-corrected chi connectivity index (χ1v) is 6.15. The topological polar surface area (TPSA) is 26.3 Å². The molecular weight excluding hydrogens is 243 g/mol. The lowest BCUT2D eigenvalue weighted by atomic mass is 10.0. The van der Waals surface area contributed by atoms with Gasteiger partial charge in [0.2, 0.25) is 0 Å². The van der Waals surface area contributed by atoms with Crippen LogP contribution in [0, 0.1) is 12.7 Å². The zero-order valence-corrected chi connectivity index (χ0v) is 10.7. The van der Waals surface area contributed by atoms with Crippen molar-refractivity contribution in [3.8, 4) is 11.1 Å². The Hall–Kier alpha value is -2.16. The first kappa shape index (κ1) is 11.9. The van der Waals surface area contributed by atoms with Crippen LogP contribution in [-0.2, 0) is 9.53 Å². The maximum atomic E-state index is 14.1. The number of carbonyl (C=O) groups excluding carboxylic acids is 1. The van der Waals surface area contributed by atoms with Crippen molar-refractivity contribution in [2.45, 2.75) is 20.0 Å². The smallest absolute Gasteiger partial charge is 0.303 e. The van der Waals surface area contributed by atoms with E-state index in [1.54, 1.807) is 6.07 Å². The lowest BCUT2D eigenvalue weighted by Gasteiger charge is -2.13. The molecule has 0 aliphatic heterocycles. The third kappa shape index (κ3) is 1.73. The maximum absolute atomic E-state index is 14.1. The number of fused-ring (bicyclic) bond motifs is 3. The summed E-state index contributed by atoms with van der Waals surface area (Å²) in [5.74, 6) is -0.641. The molecule has 0 aromatic heterocycles. The van der Waals surface area contributed by atoms with Gasteiger partial charge < -0.3 is 4.74 Å². The summed E-state index contributed by atoms with van der Waals surface area (Å²) in [6, 6.07) is 10.6. The van der Waals surface area contributed by atoms with E-state index in [9.17, 15) is 9.18 Å². The van der Waals surface area contributed by atoms with Crippen molar-refractivity contribution >= 4 is 5.97 Å². The Labute approximate surface area is 110 Å². The maximum Gasteiger partial charge on any atom is 0.303 e. The Balaban J connectivity index is 2.30. The number of esters is 1. The monoisotopic (exact) mass is 256 g/mol. The fraction of sp³-hybridized carbons (Fsp3) is 0.188. The summed E-state index contributed by atoms with van der Waals surface area (Å²) in [6.07, 6.45) is -0.502. The number of ether oxygens (including phenoxy) is 1. The predicted molar refractivity (Wildman–Crippen MR) is 70.2 cm³/mol. The van der Waals surface area contributed by atoms with E-state index in [0.29, 0.717) is 5.56 Å². The molecule has 0 heterocycles. The van der Waals surface area contributed by atoms with Crippen molar-refractivity contribution in [3.05, 3.63) is 58.9 Å². The number of hydrogen-bond acceptors (Lipinski definition) is 2. The molecule has 0 saturated carbocycles. The van der Waals surface area contributed by atoms with Crippen LogP contribution in [0.2, 0.25) is 0 Å². The summed E-state index contributed by atoms with van der Waals surface area (Å²) in [5.41, 5.74) is 3.97. The summed E-state index contributed by atoms with van der Waals surface area (Å²) in [5, 5.41) is 0. The van der Waals surface area contributed by atoms with Crippen molar-refractivity contribution in [1.82, 2.24) is 0 Å². The predicted octanol–water partition coefficient (Wildman–Crippen LogP) is 3.77. The molecular formula is C16H13FO2. The molecule has 2 aromatic rings. The Morgan fingerprint density at radius 1 is 1.11 bits per heavy atom. The van der Waals surface area contributed by atoms with Crippen LogP contribution in [0.1, 0.15) is 29.7 Å². The van der Waals surface area contributed by atoms with Crippen molar-refractivity contribution < 1.29 is 13.9 Å². The van der Waals surface area contributed by atoms with Crippen LogP contribution in [0.15, 0.2) is 36.4 Å². The van der Waals surface area contributed by atoms with E-state index in [-0.39, 0.29) is 11.8 Å². The summed E-state index contributed by atoms with van der Waals surface area (Å²) in [4.78, 5) is 11.3. The van der Waals surface area contributed by atoms with Crippen LogP contribution < -0.4 is 0 Å². The number of halogens is 1. The largest absolute Gasteiger partial charge is 0.453 e. The van der Waals surface area contributed by atoms with Crippen LogP contribution in [0.5, 0.6) is 0 Å². The number of hydrogen-bond donors (Lipinski definition) is 0. The van der Waals surface area contributed by atoms with Crippen LogP contribution in [0.3, 0.4) is 0 Å². The van der Waals surface area contributed by atoms with E-state index < -0.39 is 6.10 Å². The fourth-order valence-corrected chi connectivity index (χ4v) is 2.73. The molecule has 3 heteroatoms. The van der Waals surface area contributed by atoms with Gasteiger partial charge in [-0.3, -0.25) is 4.79 Å². The molecule has 1 aliphatic carbocycles. The summed E-state index contributed by atoms with van der Waals surface area (Å²) in [6.45, 7) is 3.30. The van der Waals surface area contributed by atoms with Gasteiger partial charge in [-0.25, -0.2) is 4.39 Å². The molecule has 2 aromatic carbocycles. The standard InChI is InChI=1S/C16H13FO2/c1-9-5-3-6-11-14(9)15-12(7-4-8-13(15)17)16(11)19-10(2)18/h3-8,16H,1-2H3. The second-order valence-corrected chi connectivity index (χ2v) is 4.73. The van der Waals surface area contributed by atoms with Crippen LogP contribution >= 0.6 is 0 Å². The van der Waals surface area contributed by atoms with Gasteiger partial charge in [-0.05, 0) is 24.1 Å². The van der Waals surface area contributed by atoms with Gasteiger partial charge in [0.05, 0.1) is 0 Å². The molecule has 0 bridgehead atoms. The van der Waals surface area contributed by atoms with Gasteiger partial charge in [-0.2, -0.15) is 0 Å². The van der Waals surface area contributed by atoms with Crippen molar-refractivity contribution in [2.75, 3.05) is 0 Å². The number of rotatable bonds is 1. The van der Waals surface area contributed by atoms with Gasteiger partial charge in [-0.15, -0.1) is 0 Å². The number of aryl methyl sites for hydroxylation is 1. The molecule has 0 radical (unpaired) electrons. The minimum atomic E-state index is -0.502.